The van der Waals surface area contributed by atoms with E-state index in [2.05, 4.69) is 23.1 Å². The summed E-state index contributed by atoms with van der Waals surface area (Å²) in [4.78, 5) is 2.17. The molecule has 1 heterocycles. The number of ether oxygens (including phenoxy) is 1. The standard InChI is InChI=1S/C13H17N3OS2/c1-10-14-16(13(18)19-10)9-15(2)8-11-5-4-6-12(7-11)17-3/h4-7H,8-9H2,1-3H3. The average molecular weight is 295 g/mol. The number of rotatable bonds is 5. The van der Waals surface area contributed by atoms with E-state index in [-0.39, 0.29) is 0 Å². The van der Waals surface area contributed by atoms with Crippen LogP contribution in [0.2, 0.25) is 0 Å². The van der Waals surface area contributed by atoms with E-state index in [0.717, 1.165) is 21.3 Å². The molecule has 102 valence electrons. The summed E-state index contributed by atoms with van der Waals surface area (Å²) in [7, 11) is 3.73. The van der Waals surface area contributed by atoms with Gasteiger partial charge in [0.1, 0.15) is 10.8 Å². The lowest BCUT2D eigenvalue weighted by Crippen LogP contribution is -2.22. The molecular formula is C13H17N3OS2. The van der Waals surface area contributed by atoms with E-state index in [1.54, 1.807) is 18.4 Å². The molecule has 0 saturated heterocycles. The Kier molecular flexibility index (Phi) is 4.68. The first-order chi connectivity index (χ1) is 9.08. The van der Waals surface area contributed by atoms with Crippen LogP contribution >= 0.6 is 23.6 Å². The van der Waals surface area contributed by atoms with Crippen molar-refractivity contribution in [1.29, 1.82) is 0 Å². The fraction of sp³-hybridized carbons (Fsp3) is 0.385. The van der Waals surface area contributed by atoms with Crippen LogP contribution in [0.25, 0.3) is 0 Å². The van der Waals surface area contributed by atoms with Crippen LogP contribution in [0.3, 0.4) is 0 Å². The predicted molar refractivity (Wildman–Crippen MR) is 80.1 cm³/mol. The Morgan fingerprint density at radius 1 is 1.47 bits per heavy atom. The van der Waals surface area contributed by atoms with Crippen molar-refractivity contribution in [3.05, 3.63) is 38.8 Å². The number of hydrogen-bond acceptors (Lipinski definition) is 5. The minimum Gasteiger partial charge on any atom is -0.497 e. The molecule has 1 aromatic heterocycles. The van der Waals surface area contributed by atoms with Gasteiger partial charge in [-0.15, -0.1) is 0 Å². The molecule has 0 unspecified atom stereocenters. The van der Waals surface area contributed by atoms with Crippen molar-refractivity contribution in [1.82, 2.24) is 14.7 Å². The summed E-state index contributed by atoms with van der Waals surface area (Å²) >= 11 is 6.81. The largest absolute Gasteiger partial charge is 0.497 e. The van der Waals surface area contributed by atoms with Gasteiger partial charge in [-0.1, -0.05) is 23.5 Å². The summed E-state index contributed by atoms with van der Waals surface area (Å²) < 4.78 is 7.90. The molecule has 0 atom stereocenters. The van der Waals surface area contributed by atoms with Crippen LogP contribution in [0, 0.1) is 10.9 Å². The van der Waals surface area contributed by atoms with Crippen LogP contribution < -0.4 is 4.74 Å². The number of nitrogens with zero attached hydrogens (tertiary/aromatic N) is 3. The Morgan fingerprint density at radius 3 is 2.89 bits per heavy atom. The molecule has 0 aliphatic rings. The van der Waals surface area contributed by atoms with E-state index >= 15 is 0 Å². The topological polar surface area (TPSA) is 30.3 Å². The molecule has 0 aliphatic carbocycles. The second kappa shape index (κ2) is 6.27. The van der Waals surface area contributed by atoms with E-state index in [9.17, 15) is 0 Å². The summed E-state index contributed by atoms with van der Waals surface area (Å²) in [5.74, 6) is 0.881. The van der Waals surface area contributed by atoms with Crippen LogP contribution in [-0.4, -0.2) is 28.8 Å². The van der Waals surface area contributed by atoms with Gasteiger partial charge in [-0.2, -0.15) is 5.10 Å². The van der Waals surface area contributed by atoms with Gasteiger partial charge in [0.2, 0.25) is 0 Å². The average Bonchev–Trinajstić information content (AvgIpc) is 2.68. The maximum Gasteiger partial charge on any atom is 0.180 e. The van der Waals surface area contributed by atoms with E-state index in [0.29, 0.717) is 6.67 Å². The highest BCUT2D eigenvalue weighted by molar-refractivity contribution is 7.73. The quantitative estimate of drug-likeness (QED) is 0.793. The zero-order valence-electron chi connectivity index (χ0n) is 11.3. The lowest BCUT2D eigenvalue weighted by molar-refractivity contribution is 0.244. The summed E-state index contributed by atoms with van der Waals surface area (Å²) in [6.45, 7) is 3.49. The highest BCUT2D eigenvalue weighted by Crippen LogP contribution is 2.14. The molecule has 2 rings (SSSR count). The van der Waals surface area contributed by atoms with Crippen LogP contribution in [0.1, 0.15) is 10.6 Å². The Balaban J connectivity index is 2.02. The molecule has 6 heteroatoms. The molecule has 0 amide bonds. The van der Waals surface area contributed by atoms with Gasteiger partial charge in [0.15, 0.2) is 3.95 Å². The van der Waals surface area contributed by atoms with Crippen LogP contribution in [0.5, 0.6) is 5.75 Å². The molecule has 19 heavy (non-hydrogen) atoms. The molecule has 0 spiro atoms. The van der Waals surface area contributed by atoms with Crippen LogP contribution in [0.15, 0.2) is 24.3 Å². The lowest BCUT2D eigenvalue weighted by atomic mass is 10.2. The van der Waals surface area contributed by atoms with Gasteiger partial charge in [-0.25, -0.2) is 4.68 Å². The molecule has 1 aromatic carbocycles. The summed E-state index contributed by atoms with van der Waals surface area (Å²) in [5.41, 5.74) is 1.21. The maximum atomic E-state index is 5.27. The third-order valence-electron chi connectivity index (χ3n) is 2.67. The van der Waals surface area contributed by atoms with Crippen molar-refractivity contribution >= 4 is 23.6 Å². The highest BCUT2D eigenvalue weighted by atomic mass is 32.1. The highest BCUT2D eigenvalue weighted by Gasteiger charge is 2.05. The normalized spacial score (nSPS) is 10.9. The first-order valence-electron chi connectivity index (χ1n) is 5.94. The molecule has 0 fully saturated rings. The van der Waals surface area contributed by atoms with E-state index < -0.39 is 0 Å². The van der Waals surface area contributed by atoms with E-state index in [1.165, 1.54) is 5.56 Å². The number of hydrogen-bond donors (Lipinski definition) is 0. The second-order valence-corrected chi connectivity index (χ2v) is 6.22. The zero-order valence-corrected chi connectivity index (χ0v) is 12.9. The zero-order chi connectivity index (χ0) is 13.8. The van der Waals surface area contributed by atoms with Gasteiger partial charge < -0.3 is 4.74 Å². The Hall–Kier alpha value is -1.24. The van der Waals surface area contributed by atoms with Gasteiger partial charge in [-0.3, -0.25) is 4.90 Å². The van der Waals surface area contributed by atoms with Crippen LogP contribution in [-0.2, 0) is 13.2 Å². The Morgan fingerprint density at radius 2 is 2.26 bits per heavy atom. The Labute approximate surface area is 122 Å². The van der Waals surface area contributed by atoms with Crippen LogP contribution in [0.4, 0.5) is 0 Å². The lowest BCUT2D eigenvalue weighted by Gasteiger charge is -2.16. The molecule has 0 saturated carbocycles. The summed E-state index contributed by atoms with van der Waals surface area (Å²) in [6.07, 6.45) is 0. The van der Waals surface area contributed by atoms with Gasteiger partial charge >= 0.3 is 0 Å². The van der Waals surface area contributed by atoms with Gasteiger partial charge in [0.05, 0.1) is 13.8 Å². The third kappa shape index (κ3) is 3.86. The molecule has 0 bridgehead atoms. The number of aryl methyl sites for hydroxylation is 1. The minimum absolute atomic E-state index is 0.695. The maximum absolute atomic E-state index is 5.27. The molecule has 2 aromatic rings. The first kappa shape index (κ1) is 14.2. The monoisotopic (exact) mass is 295 g/mol. The molecule has 0 radical (unpaired) electrons. The van der Waals surface area contributed by atoms with Crippen molar-refractivity contribution in [3.63, 3.8) is 0 Å². The smallest absolute Gasteiger partial charge is 0.180 e. The van der Waals surface area contributed by atoms with Gasteiger partial charge in [-0.05, 0) is 43.9 Å². The number of aromatic nitrogens is 2. The second-order valence-electron chi connectivity index (χ2n) is 4.39. The van der Waals surface area contributed by atoms with Crippen molar-refractivity contribution in [2.24, 2.45) is 0 Å². The minimum atomic E-state index is 0.695. The van der Waals surface area contributed by atoms with Crippen molar-refractivity contribution in [2.45, 2.75) is 20.1 Å². The molecule has 0 N–H and O–H groups in total. The summed E-state index contributed by atoms with van der Waals surface area (Å²) in [6, 6.07) is 8.08. The fourth-order valence-electron chi connectivity index (χ4n) is 1.86. The van der Waals surface area contributed by atoms with Crippen molar-refractivity contribution in [2.75, 3.05) is 14.2 Å². The van der Waals surface area contributed by atoms with Crippen molar-refractivity contribution in [3.8, 4) is 5.75 Å². The Bertz CT molecular complexity index is 606. The SMILES string of the molecule is COc1cccc(CN(C)Cn2nc(C)sc2=S)c1. The van der Waals surface area contributed by atoms with Gasteiger partial charge in [0, 0.05) is 6.54 Å². The number of benzene rings is 1. The predicted octanol–water partition coefficient (Wildman–Crippen LogP) is 3.08. The summed E-state index contributed by atoms with van der Waals surface area (Å²) in [5, 5.41) is 5.39. The molecule has 4 nitrogen and oxygen atoms in total. The molecule has 0 aliphatic heterocycles. The first-order valence-corrected chi connectivity index (χ1v) is 7.17. The van der Waals surface area contributed by atoms with Crippen molar-refractivity contribution < 1.29 is 4.74 Å². The van der Waals surface area contributed by atoms with Gasteiger partial charge in [0.25, 0.3) is 0 Å². The van der Waals surface area contributed by atoms with E-state index in [4.69, 9.17) is 17.0 Å². The number of methoxy groups -OCH3 is 1. The van der Waals surface area contributed by atoms with E-state index in [1.807, 2.05) is 29.8 Å². The third-order valence-corrected chi connectivity index (χ3v) is 3.89. The fourth-order valence-corrected chi connectivity index (χ4v) is 2.92. The molecular weight excluding hydrogens is 278 g/mol.